The molecule has 1 heterocycles. The number of hydrogen-bond donors (Lipinski definition) is 0. The molecule has 1 aliphatic carbocycles. The Labute approximate surface area is 112 Å². The van der Waals surface area contributed by atoms with Gasteiger partial charge in [0.25, 0.3) is 0 Å². The molecular formula is C14H12FeN2. The van der Waals surface area contributed by atoms with Crippen LogP contribution < -0.4 is 0 Å². The third-order valence-electron chi connectivity index (χ3n) is 2.10. The molecule has 86 valence electrons. The Morgan fingerprint density at radius 3 is 2.18 bits per heavy atom. The van der Waals surface area contributed by atoms with E-state index in [1.807, 2.05) is 60.7 Å². The van der Waals surface area contributed by atoms with Crippen molar-refractivity contribution in [1.82, 2.24) is 0 Å². The Balaban J connectivity index is 0.000000205. The van der Waals surface area contributed by atoms with Gasteiger partial charge in [0, 0.05) is 0 Å². The predicted octanol–water partition coefficient (Wildman–Crippen LogP) is 3.70. The summed E-state index contributed by atoms with van der Waals surface area (Å²) in [5.74, 6) is 0. The largest absolute Gasteiger partial charge is 2.00 e. The van der Waals surface area contributed by atoms with Crippen LogP contribution in [0.3, 0.4) is 0 Å². The second-order valence-corrected chi connectivity index (χ2v) is 3.23. The number of allylic oxidation sites excluding steroid dienone is 6. The minimum absolute atomic E-state index is 0. The summed E-state index contributed by atoms with van der Waals surface area (Å²) in [5, 5.41) is 3.84. The Morgan fingerprint density at radius 1 is 1.00 bits per heavy atom. The molecule has 1 aliphatic heterocycles. The van der Waals surface area contributed by atoms with Gasteiger partial charge in [-0.2, -0.15) is 18.2 Å². The Morgan fingerprint density at radius 2 is 1.71 bits per heavy atom. The predicted molar refractivity (Wildman–Crippen MR) is 68.3 cm³/mol. The van der Waals surface area contributed by atoms with Crippen LogP contribution in [0.25, 0.3) is 5.32 Å². The maximum absolute atomic E-state index is 4.11. The van der Waals surface area contributed by atoms with Gasteiger partial charge in [-0.15, -0.1) is 0 Å². The average Bonchev–Trinajstić information content (AvgIpc) is 3.07. The van der Waals surface area contributed by atoms with E-state index in [0.29, 0.717) is 0 Å². The summed E-state index contributed by atoms with van der Waals surface area (Å²) in [6, 6.07) is 10.0. The third-order valence-corrected chi connectivity index (χ3v) is 2.10. The summed E-state index contributed by atoms with van der Waals surface area (Å²) in [5.41, 5.74) is 2.12. The van der Waals surface area contributed by atoms with Crippen molar-refractivity contribution >= 4 is 6.34 Å². The van der Waals surface area contributed by atoms with Gasteiger partial charge in [0.2, 0.25) is 0 Å². The van der Waals surface area contributed by atoms with Crippen LogP contribution in [0.1, 0.15) is 0 Å². The Hall–Kier alpha value is -1.70. The molecule has 2 aliphatic rings. The molecular weight excluding hydrogens is 252 g/mol. The molecule has 0 spiro atoms. The molecule has 0 saturated heterocycles. The topological polar surface area (TPSA) is 26.5 Å². The molecule has 1 aromatic rings. The van der Waals surface area contributed by atoms with Crippen molar-refractivity contribution in [3.05, 3.63) is 83.5 Å². The molecule has 17 heavy (non-hydrogen) atoms. The van der Waals surface area contributed by atoms with Crippen LogP contribution in [0.5, 0.6) is 0 Å². The van der Waals surface area contributed by atoms with Gasteiger partial charge >= 0.3 is 17.1 Å². The first-order valence-electron chi connectivity index (χ1n) is 5.11. The number of rotatable bonds is 0. The summed E-state index contributed by atoms with van der Waals surface area (Å²) in [6.45, 7) is 0. The van der Waals surface area contributed by atoms with Crippen LogP contribution in [-0.2, 0) is 17.1 Å². The van der Waals surface area contributed by atoms with Crippen LogP contribution in [0, 0.1) is 0 Å². The van der Waals surface area contributed by atoms with E-state index in [4.69, 9.17) is 0 Å². The fourth-order valence-corrected chi connectivity index (χ4v) is 1.33. The summed E-state index contributed by atoms with van der Waals surface area (Å²) >= 11 is 0. The second kappa shape index (κ2) is 7.55. The van der Waals surface area contributed by atoms with Gasteiger partial charge in [-0.1, -0.05) is 42.9 Å². The zero-order valence-corrected chi connectivity index (χ0v) is 10.3. The fraction of sp³-hybridized carbons (Fsp3) is 0. The van der Waals surface area contributed by atoms with Crippen LogP contribution in [0.4, 0.5) is 0 Å². The smallest absolute Gasteiger partial charge is 0.449 e. The van der Waals surface area contributed by atoms with Crippen LogP contribution in [-0.4, -0.2) is 6.34 Å². The van der Waals surface area contributed by atoms with Crippen molar-refractivity contribution in [3.63, 3.8) is 0 Å². The van der Waals surface area contributed by atoms with E-state index in [1.54, 1.807) is 12.5 Å². The Kier molecular flexibility index (Phi) is 5.94. The molecule has 0 N–H and O–H groups in total. The molecule has 0 amide bonds. The fourth-order valence-electron chi connectivity index (χ4n) is 1.33. The summed E-state index contributed by atoms with van der Waals surface area (Å²) in [4.78, 5) is 4.11. The van der Waals surface area contributed by atoms with Crippen molar-refractivity contribution < 1.29 is 17.1 Å². The van der Waals surface area contributed by atoms with E-state index in [1.165, 1.54) is 0 Å². The molecule has 0 bridgehead atoms. The van der Waals surface area contributed by atoms with Crippen LogP contribution >= 0.6 is 0 Å². The molecule has 0 fully saturated rings. The first-order chi connectivity index (χ1) is 7.97. The Bertz CT molecular complexity index is 417. The standard InChI is InChI=1S/C9H7N2.C5H5.Fe/c1-2-4-8(3-1)9-5-6-10-7-11-9;1-2-4-5-3-1;/h1-7H;1-5H;/q2*-1;+2. The minimum atomic E-state index is 0. The molecule has 3 heteroatoms. The van der Waals surface area contributed by atoms with Gasteiger partial charge in [-0.05, 0) is 11.3 Å². The van der Waals surface area contributed by atoms with Crippen molar-refractivity contribution in [2.45, 2.75) is 0 Å². The second-order valence-electron chi connectivity index (χ2n) is 3.23. The summed E-state index contributed by atoms with van der Waals surface area (Å²) in [7, 11) is 0. The van der Waals surface area contributed by atoms with Gasteiger partial charge in [0.1, 0.15) is 0 Å². The maximum Gasteiger partial charge on any atom is 2.00 e. The van der Waals surface area contributed by atoms with Gasteiger partial charge in [-0.25, -0.2) is 12.1 Å². The molecule has 0 radical (unpaired) electrons. The first kappa shape index (κ1) is 13.4. The van der Waals surface area contributed by atoms with Crippen molar-refractivity contribution in [3.8, 4) is 0 Å². The van der Waals surface area contributed by atoms with E-state index in [9.17, 15) is 0 Å². The monoisotopic (exact) mass is 264 g/mol. The minimum Gasteiger partial charge on any atom is -0.449 e. The third kappa shape index (κ3) is 4.35. The maximum atomic E-state index is 4.11. The zero-order chi connectivity index (χ0) is 11.1. The van der Waals surface area contributed by atoms with E-state index < -0.39 is 0 Å². The molecule has 0 aromatic heterocycles. The average molecular weight is 264 g/mol. The van der Waals surface area contributed by atoms with Gasteiger partial charge in [0.15, 0.2) is 0 Å². The quantitative estimate of drug-likeness (QED) is 0.504. The molecule has 1 aromatic carbocycles. The van der Waals surface area contributed by atoms with Crippen molar-refractivity contribution in [2.75, 3.05) is 0 Å². The van der Waals surface area contributed by atoms with E-state index in [-0.39, 0.29) is 17.1 Å². The zero-order valence-electron chi connectivity index (χ0n) is 9.18. The van der Waals surface area contributed by atoms with Gasteiger partial charge in [0.05, 0.1) is 0 Å². The normalized spacial score (nSPS) is 15.1. The molecule has 0 unspecified atom stereocenters. The SMILES string of the molecule is C1=CC(=C2C=C[N-]C=N2)C=C1.[Fe+2].c1cc[cH-]c1. The summed E-state index contributed by atoms with van der Waals surface area (Å²) < 4.78 is 0. The van der Waals surface area contributed by atoms with Crippen LogP contribution in [0.15, 0.2) is 83.2 Å². The number of nitrogens with zero attached hydrogens (tertiary/aromatic N) is 2. The number of hydrogen-bond acceptors (Lipinski definition) is 1. The van der Waals surface area contributed by atoms with E-state index >= 15 is 0 Å². The number of aliphatic imine (C=N–C) groups is 1. The summed E-state index contributed by atoms with van der Waals surface area (Å²) in [6.07, 6.45) is 13.3. The first-order valence-corrected chi connectivity index (χ1v) is 5.11. The molecule has 2 nitrogen and oxygen atoms in total. The van der Waals surface area contributed by atoms with Crippen molar-refractivity contribution in [2.24, 2.45) is 4.99 Å². The van der Waals surface area contributed by atoms with Crippen LogP contribution in [0.2, 0.25) is 0 Å². The van der Waals surface area contributed by atoms with Gasteiger partial charge < -0.3 is 10.3 Å². The van der Waals surface area contributed by atoms with E-state index in [0.717, 1.165) is 11.3 Å². The molecule has 0 atom stereocenters. The van der Waals surface area contributed by atoms with E-state index in [2.05, 4.69) is 10.3 Å². The van der Waals surface area contributed by atoms with Gasteiger partial charge in [-0.3, -0.25) is 0 Å². The molecule has 3 rings (SSSR count). The van der Waals surface area contributed by atoms with Crippen molar-refractivity contribution in [1.29, 1.82) is 0 Å². The molecule has 0 saturated carbocycles.